The van der Waals surface area contributed by atoms with Crippen molar-refractivity contribution in [2.24, 2.45) is 5.92 Å². The minimum Gasteiger partial charge on any atom is -0.392 e. The number of aliphatic hydroxyl groups excluding tert-OH is 1. The van der Waals surface area contributed by atoms with Crippen molar-refractivity contribution in [3.05, 3.63) is 34.9 Å². The van der Waals surface area contributed by atoms with Gasteiger partial charge in [0, 0.05) is 17.6 Å². The topological polar surface area (TPSA) is 52.6 Å². The van der Waals surface area contributed by atoms with Crippen molar-refractivity contribution in [2.45, 2.75) is 44.9 Å². The fourth-order valence-electron chi connectivity index (χ4n) is 2.94. The van der Waals surface area contributed by atoms with Gasteiger partial charge in [0.25, 0.3) is 0 Å². The lowest BCUT2D eigenvalue weighted by Gasteiger charge is -2.27. The molecule has 3 atom stereocenters. The molecule has 1 amide bonds. The maximum Gasteiger partial charge on any atom is 0.222 e. The summed E-state index contributed by atoms with van der Waals surface area (Å²) in [7, 11) is 2.06. The Morgan fingerprint density at radius 2 is 2.05 bits per heavy atom. The van der Waals surface area contributed by atoms with Crippen LogP contribution in [0.4, 0.5) is 0 Å². The summed E-state index contributed by atoms with van der Waals surface area (Å²) >= 11 is 5.95. The molecule has 1 aromatic rings. The molecule has 2 rings (SSSR count). The van der Waals surface area contributed by atoms with E-state index < -0.39 is 6.10 Å². The fraction of sp³-hybridized carbons (Fsp3) is 0.588. The van der Waals surface area contributed by atoms with Gasteiger partial charge in [-0.15, -0.1) is 0 Å². The molecule has 2 N–H and O–H groups in total. The predicted octanol–water partition coefficient (Wildman–Crippen LogP) is 2.61. The highest BCUT2D eigenvalue weighted by Crippen LogP contribution is 2.31. The zero-order valence-corrected chi connectivity index (χ0v) is 14.2. The Kier molecular flexibility index (Phi) is 5.84. The average molecular weight is 325 g/mol. The number of hydrogen-bond donors (Lipinski definition) is 2. The second kappa shape index (κ2) is 7.44. The fourth-order valence-corrected chi connectivity index (χ4v) is 3.06. The first-order chi connectivity index (χ1) is 10.4. The number of rotatable bonds is 5. The zero-order valence-electron chi connectivity index (χ0n) is 13.4. The van der Waals surface area contributed by atoms with Gasteiger partial charge in [0.2, 0.25) is 5.91 Å². The quantitative estimate of drug-likeness (QED) is 0.875. The van der Waals surface area contributed by atoms with Crippen molar-refractivity contribution in [1.82, 2.24) is 10.2 Å². The van der Waals surface area contributed by atoms with Gasteiger partial charge in [0.15, 0.2) is 0 Å². The highest BCUT2D eigenvalue weighted by atomic mass is 35.5. The van der Waals surface area contributed by atoms with Gasteiger partial charge in [0.1, 0.15) is 0 Å². The Labute approximate surface area is 137 Å². The summed E-state index contributed by atoms with van der Waals surface area (Å²) in [5.41, 5.74) is 1.15. The number of aliphatic hydroxyl groups is 1. The molecule has 5 heteroatoms. The SMILES string of the molecule is CC(C)[C@H](O)CC(=O)N[C@H]1CCN(C)[C@H]1c1ccc(Cl)cc1. The Morgan fingerprint density at radius 1 is 1.41 bits per heavy atom. The summed E-state index contributed by atoms with van der Waals surface area (Å²) in [5, 5.41) is 13.6. The maximum atomic E-state index is 12.1. The van der Waals surface area contributed by atoms with Gasteiger partial charge in [-0.05, 0) is 37.1 Å². The van der Waals surface area contributed by atoms with E-state index in [2.05, 4.69) is 17.3 Å². The van der Waals surface area contributed by atoms with Crippen LogP contribution < -0.4 is 5.32 Å². The largest absolute Gasteiger partial charge is 0.392 e. The van der Waals surface area contributed by atoms with Crippen molar-refractivity contribution < 1.29 is 9.90 Å². The predicted molar refractivity (Wildman–Crippen MR) is 88.8 cm³/mol. The van der Waals surface area contributed by atoms with Crippen LogP contribution in [0, 0.1) is 5.92 Å². The van der Waals surface area contributed by atoms with Crippen LogP contribution in [0.5, 0.6) is 0 Å². The minimum absolute atomic E-state index is 0.0676. The van der Waals surface area contributed by atoms with Crippen LogP contribution in [-0.4, -0.2) is 41.7 Å². The Morgan fingerprint density at radius 3 is 2.64 bits per heavy atom. The lowest BCUT2D eigenvalue weighted by molar-refractivity contribution is -0.124. The number of likely N-dealkylation sites (N-methyl/N-ethyl adjacent to an activating group) is 1. The van der Waals surface area contributed by atoms with Crippen LogP contribution in [-0.2, 0) is 4.79 Å². The van der Waals surface area contributed by atoms with Gasteiger partial charge in [-0.3, -0.25) is 9.69 Å². The van der Waals surface area contributed by atoms with Gasteiger partial charge in [-0.1, -0.05) is 37.6 Å². The number of nitrogens with zero attached hydrogens (tertiary/aromatic N) is 1. The summed E-state index contributed by atoms with van der Waals surface area (Å²) in [6.45, 7) is 4.76. The second-order valence-electron chi connectivity index (χ2n) is 6.46. The molecule has 0 unspecified atom stereocenters. The normalized spacial score (nSPS) is 23.7. The van der Waals surface area contributed by atoms with Gasteiger partial charge in [-0.2, -0.15) is 0 Å². The molecular formula is C17H25ClN2O2. The van der Waals surface area contributed by atoms with Crippen LogP contribution in [0.15, 0.2) is 24.3 Å². The summed E-state index contributed by atoms with van der Waals surface area (Å²) in [5.74, 6) is 0.00419. The lowest BCUT2D eigenvalue weighted by Crippen LogP contribution is -2.40. The van der Waals surface area contributed by atoms with Crippen LogP contribution in [0.25, 0.3) is 0 Å². The minimum atomic E-state index is -0.590. The molecule has 1 heterocycles. The van der Waals surface area contributed by atoms with Crippen molar-refractivity contribution >= 4 is 17.5 Å². The molecular weight excluding hydrogens is 300 g/mol. The number of likely N-dealkylation sites (tertiary alicyclic amines) is 1. The molecule has 1 saturated heterocycles. The monoisotopic (exact) mass is 324 g/mol. The highest BCUT2D eigenvalue weighted by Gasteiger charge is 2.34. The van der Waals surface area contributed by atoms with E-state index in [-0.39, 0.29) is 30.3 Å². The molecule has 122 valence electrons. The van der Waals surface area contributed by atoms with Crippen molar-refractivity contribution in [3.63, 3.8) is 0 Å². The van der Waals surface area contributed by atoms with E-state index in [0.717, 1.165) is 18.5 Å². The molecule has 1 aliphatic heterocycles. The van der Waals surface area contributed by atoms with Gasteiger partial charge in [0.05, 0.1) is 18.6 Å². The molecule has 1 aromatic carbocycles. The van der Waals surface area contributed by atoms with Crippen LogP contribution in [0.3, 0.4) is 0 Å². The maximum absolute atomic E-state index is 12.1. The van der Waals surface area contributed by atoms with Crippen LogP contribution in [0.1, 0.15) is 38.3 Å². The van der Waals surface area contributed by atoms with E-state index in [1.807, 2.05) is 38.1 Å². The van der Waals surface area contributed by atoms with Crippen LogP contribution in [0.2, 0.25) is 5.02 Å². The van der Waals surface area contributed by atoms with Crippen molar-refractivity contribution in [2.75, 3.05) is 13.6 Å². The first kappa shape index (κ1) is 17.3. The average Bonchev–Trinajstić information content (AvgIpc) is 2.80. The Bertz CT molecular complexity index is 504. The standard InChI is InChI=1S/C17H25ClN2O2/c1-11(2)15(21)10-16(22)19-14-8-9-20(3)17(14)12-4-6-13(18)7-5-12/h4-7,11,14-15,17,21H,8-10H2,1-3H3,(H,19,22)/t14-,15+,17-/m0/s1. The smallest absolute Gasteiger partial charge is 0.222 e. The van der Waals surface area contributed by atoms with E-state index in [4.69, 9.17) is 11.6 Å². The van der Waals surface area contributed by atoms with Gasteiger partial charge >= 0.3 is 0 Å². The molecule has 22 heavy (non-hydrogen) atoms. The molecule has 0 saturated carbocycles. The molecule has 1 aliphatic rings. The van der Waals surface area contributed by atoms with Crippen molar-refractivity contribution in [3.8, 4) is 0 Å². The summed E-state index contributed by atoms with van der Waals surface area (Å²) in [6.07, 6.45) is 0.478. The van der Waals surface area contributed by atoms with E-state index in [1.54, 1.807) is 0 Å². The lowest BCUT2D eigenvalue weighted by atomic mass is 9.99. The number of carbonyl (C=O) groups excluding carboxylic acids is 1. The molecule has 0 spiro atoms. The number of carbonyl (C=O) groups is 1. The first-order valence-corrected chi connectivity index (χ1v) is 8.19. The number of benzene rings is 1. The molecule has 0 aliphatic carbocycles. The van der Waals surface area contributed by atoms with E-state index >= 15 is 0 Å². The highest BCUT2D eigenvalue weighted by molar-refractivity contribution is 6.30. The van der Waals surface area contributed by atoms with E-state index in [1.165, 1.54) is 0 Å². The first-order valence-electron chi connectivity index (χ1n) is 7.81. The van der Waals surface area contributed by atoms with Crippen molar-refractivity contribution in [1.29, 1.82) is 0 Å². The van der Waals surface area contributed by atoms with Gasteiger partial charge < -0.3 is 10.4 Å². The zero-order chi connectivity index (χ0) is 16.3. The number of hydrogen-bond acceptors (Lipinski definition) is 3. The van der Waals surface area contributed by atoms with Crippen LogP contribution >= 0.6 is 11.6 Å². The Hall–Kier alpha value is -1.10. The summed E-state index contributed by atoms with van der Waals surface area (Å²) in [6, 6.07) is 8.00. The summed E-state index contributed by atoms with van der Waals surface area (Å²) in [4.78, 5) is 14.4. The number of halogens is 1. The third-order valence-corrected chi connectivity index (χ3v) is 4.62. The van der Waals surface area contributed by atoms with Gasteiger partial charge in [-0.25, -0.2) is 0 Å². The third kappa shape index (κ3) is 4.22. The summed E-state index contributed by atoms with van der Waals surface area (Å²) < 4.78 is 0. The Balaban J connectivity index is 2.03. The third-order valence-electron chi connectivity index (χ3n) is 4.37. The number of nitrogens with one attached hydrogen (secondary N) is 1. The molecule has 0 radical (unpaired) electrons. The molecule has 0 bridgehead atoms. The molecule has 4 nitrogen and oxygen atoms in total. The molecule has 1 fully saturated rings. The molecule has 0 aromatic heterocycles. The van der Waals surface area contributed by atoms with E-state index in [0.29, 0.717) is 5.02 Å². The van der Waals surface area contributed by atoms with E-state index in [9.17, 15) is 9.90 Å². The second-order valence-corrected chi connectivity index (χ2v) is 6.89. The number of amides is 1.